The van der Waals surface area contributed by atoms with E-state index < -0.39 is 5.91 Å². The van der Waals surface area contributed by atoms with Gasteiger partial charge >= 0.3 is 0 Å². The van der Waals surface area contributed by atoms with Crippen LogP contribution in [0.5, 0.6) is 0 Å². The van der Waals surface area contributed by atoms with Gasteiger partial charge in [0.05, 0.1) is 12.1 Å². The molecular weight excluding hydrogens is 182 g/mol. The Labute approximate surface area is 81.3 Å². The predicted molar refractivity (Wildman–Crippen MR) is 51.4 cm³/mol. The van der Waals surface area contributed by atoms with Crippen LogP contribution in [-0.2, 0) is 16.0 Å². The number of anilines is 1. The molecule has 0 spiro atoms. The van der Waals surface area contributed by atoms with E-state index in [9.17, 15) is 9.59 Å². The van der Waals surface area contributed by atoms with Crippen molar-refractivity contribution in [3.63, 3.8) is 0 Å². The van der Waals surface area contributed by atoms with Crippen LogP contribution in [-0.4, -0.2) is 16.8 Å². The molecule has 0 fully saturated rings. The van der Waals surface area contributed by atoms with Crippen molar-refractivity contribution < 1.29 is 9.59 Å². The summed E-state index contributed by atoms with van der Waals surface area (Å²) >= 11 is 0. The molecule has 1 aromatic heterocycles. The van der Waals surface area contributed by atoms with Gasteiger partial charge < -0.3 is 11.1 Å². The molecular formula is C9H11N3O2. The average Bonchev–Trinajstić information content (AvgIpc) is 2.01. The Morgan fingerprint density at radius 3 is 2.79 bits per heavy atom. The number of nitrogens with one attached hydrogen (secondary N) is 1. The first-order chi connectivity index (χ1) is 6.58. The van der Waals surface area contributed by atoms with Crippen LogP contribution in [0.25, 0.3) is 0 Å². The van der Waals surface area contributed by atoms with Gasteiger partial charge in [-0.3, -0.25) is 9.59 Å². The van der Waals surface area contributed by atoms with Crippen molar-refractivity contribution in [2.24, 2.45) is 5.73 Å². The van der Waals surface area contributed by atoms with Crippen LogP contribution < -0.4 is 11.1 Å². The van der Waals surface area contributed by atoms with Crippen LogP contribution in [0, 0.1) is 0 Å². The molecule has 0 unspecified atom stereocenters. The second-order valence-corrected chi connectivity index (χ2v) is 2.84. The topological polar surface area (TPSA) is 85.1 Å². The molecule has 1 heterocycles. The first-order valence-electron chi connectivity index (χ1n) is 4.10. The Bertz CT molecular complexity index is 332. The normalized spacial score (nSPS) is 9.50. The number of pyridine rings is 1. The Balaban J connectivity index is 2.78. The second-order valence-electron chi connectivity index (χ2n) is 2.84. The maximum atomic E-state index is 10.7. The molecule has 1 aromatic rings. The highest BCUT2D eigenvalue weighted by Crippen LogP contribution is 2.04. The summed E-state index contributed by atoms with van der Waals surface area (Å²) in [6.45, 7) is 1.39. The first-order valence-corrected chi connectivity index (χ1v) is 4.10. The number of nitrogens with two attached hydrogens (primary N) is 1. The lowest BCUT2D eigenvalue weighted by atomic mass is 10.2. The minimum atomic E-state index is -0.447. The number of carbonyl (C=O) groups excluding carboxylic acids is 2. The van der Waals surface area contributed by atoms with Gasteiger partial charge in [0.2, 0.25) is 11.8 Å². The van der Waals surface area contributed by atoms with E-state index in [4.69, 9.17) is 5.73 Å². The lowest BCUT2D eigenvalue weighted by Crippen LogP contribution is -2.15. The fraction of sp³-hybridized carbons (Fsp3) is 0.222. The molecule has 0 aliphatic rings. The molecule has 2 amide bonds. The third-order valence-electron chi connectivity index (χ3n) is 1.47. The Hall–Kier alpha value is -1.91. The molecule has 0 atom stereocenters. The molecule has 0 aromatic carbocycles. The summed E-state index contributed by atoms with van der Waals surface area (Å²) in [4.78, 5) is 25.3. The number of hydrogen-bond donors (Lipinski definition) is 2. The van der Waals surface area contributed by atoms with E-state index in [2.05, 4.69) is 10.3 Å². The van der Waals surface area contributed by atoms with E-state index in [1.165, 1.54) is 6.92 Å². The molecule has 0 aliphatic heterocycles. The third kappa shape index (κ3) is 3.22. The highest BCUT2D eigenvalue weighted by molar-refractivity contribution is 5.87. The second kappa shape index (κ2) is 4.36. The molecule has 74 valence electrons. The van der Waals surface area contributed by atoms with Crippen molar-refractivity contribution in [3.8, 4) is 0 Å². The van der Waals surface area contributed by atoms with Crippen LogP contribution >= 0.6 is 0 Å². The number of nitrogens with zero attached hydrogens (tertiary/aromatic N) is 1. The lowest BCUT2D eigenvalue weighted by molar-refractivity contribution is -0.117. The van der Waals surface area contributed by atoms with Gasteiger partial charge in [0, 0.05) is 6.92 Å². The van der Waals surface area contributed by atoms with E-state index >= 15 is 0 Å². The van der Waals surface area contributed by atoms with E-state index in [1.807, 2.05) is 0 Å². The Kier molecular flexibility index (Phi) is 3.17. The smallest absolute Gasteiger partial charge is 0.223 e. The molecule has 1 rings (SSSR count). The monoisotopic (exact) mass is 193 g/mol. The first kappa shape index (κ1) is 10.2. The summed E-state index contributed by atoms with van der Waals surface area (Å²) in [6, 6.07) is 5.03. The van der Waals surface area contributed by atoms with Crippen LogP contribution in [0.4, 0.5) is 5.82 Å². The molecule has 0 saturated heterocycles. The summed E-state index contributed by atoms with van der Waals surface area (Å²) in [5.41, 5.74) is 5.55. The van der Waals surface area contributed by atoms with Gasteiger partial charge in [0.1, 0.15) is 5.82 Å². The fourth-order valence-electron chi connectivity index (χ4n) is 1.01. The summed E-state index contributed by atoms with van der Waals surface area (Å²) in [5.74, 6) is -0.220. The zero-order valence-corrected chi connectivity index (χ0v) is 7.78. The highest BCUT2D eigenvalue weighted by Gasteiger charge is 2.01. The van der Waals surface area contributed by atoms with Gasteiger partial charge in [-0.2, -0.15) is 0 Å². The number of hydrogen-bond acceptors (Lipinski definition) is 3. The van der Waals surface area contributed by atoms with E-state index in [1.54, 1.807) is 18.2 Å². The number of rotatable bonds is 3. The van der Waals surface area contributed by atoms with E-state index in [-0.39, 0.29) is 12.3 Å². The molecule has 3 N–H and O–H groups in total. The van der Waals surface area contributed by atoms with Gasteiger partial charge in [0.15, 0.2) is 0 Å². The highest BCUT2D eigenvalue weighted by atomic mass is 16.1. The maximum Gasteiger partial charge on any atom is 0.223 e. The summed E-state index contributed by atoms with van der Waals surface area (Å²) in [6.07, 6.45) is 0.0768. The quantitative estimate of drug-likeness (QED) is 0.712. The van der Waals surface area contributed by atoms with Crippen molar-refractivity contribution >= 4 is 17.6 Å². The molecule has 0 bridgehead atoms. The third-order valence-corrected chi connectivity index (χ3v) is 1.47. The summed E-state index contributed by atoms with van der Waals surface area (Å²) in [5, 5.41) is 2.52. The molecule has 0 aliphatic carbocycles. The van der Waals surface area contributed by atoms with Crippen molar-refractivity contribution in [2.45, 2.75) is 13.3 Å². The minimum Gasteiger partial charge on any atom is -0.369 e. The SMILES string of the molecule is CC(=O)Nc1cccc(CC(N)=O)n1. The maximum absolute atomic E-state index is 10.7. The lowest BCUT2D eigenvalue weighted by Gasteiger charge is -2.02. The van der Waals surface area contributed by atoms with Gasteiger partial charge in [0.25, 0.3) is 0 Å². The average molecular weight is 193 g/mol. The minimum absolute atomic E-state index is 0.0768. The van der Waals surface area contributed by atoms with Gasteiger partial charge in [-0.1, -0.05) is 6.07 Å². The van der Waals surface area contributed by atoms with Gasteiger partial charge in [-0.15, -0.1) is 0 Å². The Morgan fingerprint density at radius 1 is 1.50 bits per heavy atom. The van der Waals surface area contributed by atoms with Gasteiger partial charge in [-0.25, -0.2) is 4.98 Å². The number of amides is 2. The molecule has 14 heavy (non-hydrogen) atoms. The predicted octanol–water partition coefficient (Wildman–Crippen LogP) is 0.0678. The van der Waals surface area contributed by atoms with Crippen molar-refractivity contribution in [3.05, 3.63) is 23.9 Å². The largest absolute Gasteiger partial charge is 0.369 e. The van der Waals surface area contributed by atoms with Crippen molar-refractivity contribution in [2.75, 3.05) is 5.32 Å². The molecule has 5 heteroatoms. The molecule has 0 radical (unpaired) electrons. The van der Waals surface area contributed by atoms with Crippen LogP contribution in [0.1, 0.15) is 12.6 Å². The number of primary amides is 1. The van der Waals surface area contributed by atoms with Crippen molar-refractivity contribution in [1.29, 1.82) is 0 Å². The van der Waals surface area contributed by atoms with Gasteiger partial charge in [-0.05, 0) is 12.1 Å². The van der Waals surface area contributed by atoms with Crippen LogP contribution in [0.15, 0.2) is 18.2 Å². The van der Waals surface area contributed by atoms with Crippen LogP contribution in [0.3, 0.4) is 0 Å². The van der Waals surface area contributed by atoms with E-state index in [0.29, 0.717) is 11.5 Å². The number of aromatic nitrogens is 1. The van der Waals surface area contributed by atoms with Crippen LogP contribution in [0.2, 0.25) is 0 Å². The standard InChI is InChI=1S/C9H11N3O2/c1-6(13)11-9-4-2-3-7(12-9)5-8(10)14/h2-4H,5H2,1H3,(H2,10,14)(H,11,12,13). The molecule has 0 saturated carbocycles. The Morgan fingerprint density at radius 2 is 2.21 bits per heavy atom. The zero-order chi connectivity index (χ0) is 10.6. The van der Waals surface area contributed by atoms with E-state index in [0.717, 1.165) is 0 Å². The zero-order valence-electron chi connectivity index (χ0n) is 7.78. The van der Waals surface area contributed by atoms with Crippen molar-refractivity contribution in [1.82, 2.24) is 4.98 Å². The summed E-state index contributed by atoms with van der Waals surface area (Å²) < 4.78 is 0. The fourth-order valence-corrected chi connectivity index (χ4v) is 1.01. The number of carbonyl (C=O) groups is 2. The molecule has 5 nitrogen and oxygen atoms in total. The summed E-state index contributed by atoms with van der Waals surface area (Å²) in [7, 11) is 0.